The van der Waals surface area contributed by atoms with Crippen LogP contribution in [0.1, 0.15) is 42.1 Å². The maximum atomic E-state index is 11.3. The van der Waals surface area contributed by atoms with Crippen molar-refractivity contribution < 1.29 is 4.79 Å². The molecule has 0 saturated heterocycles. The second kappa shape index (κ2) is 5.58. The van der Waals surface area contributed by atoms with Crippen LogP contribution < -0.4 is 0 Å². The van der Waals surface area contributed by atoms with Crippen LogP contribution in [0.2, 0.25) is 10.0 Å². The maximum absolute atomic E-state index is 11.3. The number of aldehydes is 1. The minimum atomic E-state index is 0.389. The van der Waals surface area contributed by atoms with E-state index in [9.17, 15) is 4.79 Å². The van der Waals surface area contributed by atoms with Crippen molar-refractivity contribution in [1.82, 2.24) is 9.78 Å². The molecule has 1 aliphatic rings. The maximum Gasteiger partial charge on any atom is 0.153 e. The number of benzene rings is 1. The first-order chi connectivity index (χ1) is 9.69. The fourth-order valence-corrected chi connectivity index (χ4v) is 3.12. The van der Waals surface area contributed by atoms with Gasteiger partial charge in [0.15, 0.2) is 6.29 Å². The summed E-state index contributed by atoms with van der Waals surface area (Å²) in [6, 6.07) is 5.59. The van der Waals surface area contributed by atoms with E-state index in [0.29, 0.717) is 32.9 Å². The van der Waals surface area contributed by atoms with Crippen LogP contribution in [-0.4, -0.2) is 16.1 Å². The summed E-state index contributed by atoms with van der Waals surface area (Å²) >= 11 is 12.2. The summed E-state index contributed by atoms with van der Waals surface area (Å²) in [6.07, 6.45) is 7.30. The van der Waals surface area contributed by atoms with Gasteiger partial charge in [-0.25, -0.2) is 0 Å². The zero-order valence-electron chi connectivity index (χ0n) is 10.9. The van der Waals surface area contributed by atoms with Crippen LogP contribution in [0, 0.1) is 0 Å². The Hall–Kier alpha value is -1.32. The second-order valence-corrected chi connectivity index (χ2v) is 5.94. The van der Waals surface area contributed by atoms with Crippen molar-refractivity contribution >= 4 is 29.5 Å². The molecule has 5 heteroatoms. The molecule has 20 heavy (non-hydrogen) atoms. The van der Waals surface area contributed by atoms with Crippen LogP contribution in [0.25, 0.3) is 11.3 Å². The number of aromatic nitrogens is 2. The van der Waals surface area contributed by atoms with Crippen LogP contribution in [0.15, 0.2) is 24.4 Å². The SMILES string of the molecule is O=Cc1cn(C2CCCC2)nc1-c1cc(Cl)ccc1Cl. The average Bonchev–Trinajstić information content (AvgIpc) is 3.09. The van der Waals surface area contributed by atoms with E-state index in [0.717, 1.165) is 19.1 Å². The van der Waals surface area contributed by atoms with E-state index >= 15 is 0 Å². The topological polar surface area (TPSA) is 34.9 Å². The summed E-state index contributed by atoms with van der Waals surface area (Å²) < 4.78 is 1.91. The second-order valence-electron chi connectivity index (χ2n) is 5.09. The monoisotopic (exact) mass is 308 g/mol. The minimum Gasteiger partial charge on any atom is -0.298 e. The van der Waals surface area contributed by atoms with Gasteiger partial charge in [0.1, 0.15) is 5.69 Å². The molecule has 0 radical (unpaired) electrons. The summed E-state index contributed by atoms with van der Waals surface area (Å²) in [5.41, 5.74) is 1.87. The van der Waals surface area contributed by atoms with Crippen LogP contribution in [0.4, 0.5) is 0 Å². The molecule has 0 N–H and O–H groups in total. The van der Waals surface area contributed by atoms with Crippen LogP contribution in [0.3, 0.4) is 0 Å². The molecule has 1 aromatic carbocycles. The largest absolute Gasteiger partial charge is 0.298 e. The van der Waals surface area contributed by atoms with Crippen LogP contribution in [0.5, 0.6) is 0 Å². The molecule has 0 bridgehead atoms. The Morgan fingerprint density at radius 2 is 2.00 bits per heavy atom. The molecular formula is C15H14Cl2N2O. The molecule has 1 heterocycles. The van der Waals surface area contributed by atoms with E-state index < -0.39 is 0 Å². The minimum absolute atomic E-state index is 0.389. The molecule has 2 aromatic rings. The van der Waals surface area contributed by atoms with Crippen molar-refractivity contribution in [3.63, 3.8) is 0 Å². The highest BCUT2D eigenvalue weighted by Crippen LogP contribution is 2.34. The lowest BCUT2D eigenvalue weighted by molar-refractivity contribution is 0.112. The lowest BCUT2D eigenvalue weighted by Gasteiger charge is -2.09. The number of halogens is 2. The Kier molecular flexibility index (Phi) is 3.81. The molecular weight excluding hydrogens is 295 g/mol. The molecule has 0 spiro atoms. The lowest BCUT2D eigenvalue weighted by atomic mass is 10.1. The Morgan fingerprint density at radius 1 is 1.25 bits per heavy atom. The quantitative estimate of drug-likeness (QED) is 0.764. The summed E-state index contributed by atoms with van der Waals surface area (Å²) in [7, 11) is 0. The smallest absolute Gasteiger partial charge is 0.153 e. The predicted octanol–water partition coefficient (Wildman–Crippen LogP) is 4.78. The predicted molar refractivity (Wildman–Crippen MR) is 80.6 cm³/mol. The number of rotatable bonds is 3. The molecule has 104 valence electrons. The van der Waals surface area contributed by atoms with E-state index in [1.54, 1.807) is 18.2 Å². The van der Waals surface area contributed by atoms with Gasteiger partial charge in [-0.1, -0.05) is 36.0 Å². The molecule has 1 aromatic heterocycles. The van der Waals surface area contributed by atoms with Crippen molar-refractivity contribution in [2.75, 3.05) is 0 Å². The molecule has 1 aliphatic carbocycles. The first-order valence-corrected chi connectivity index (χ1v) is 7.44. The van der Waals surface area contributed by atoms with Gasteiger partial charge >= 0.3 is 0 Å². The van der Waals surface area contributed by atoms with E-state index in [1.165, 1.54) is 12.8 Å². The highest BCUT2D eigenvalue weighted by Gasteiger charge is 2.21. The lowest BCUT2D eigenvalue weighted by Crippen LogP contribution is -2.04. The first-order valence-electron chi connectivity index (χ1n) is 6.69. The van der Waals surface area contributed by atoms with Crippen LogP contribution in [-0.2, 0) is 0 Å². The highest BCUT2D eigenvalue weighted by atomic mass is 35.5. The van der Waals surface area contributed by atoms with E-state index in [2.05, 4.69) is 5.10 Å². The zero-order valence-corrected chi connectivity index (χ0v) is 12.4. The van der Waals surface area contributed by atoms with Gasteiger partial charge in [-0.15, -0.1) is 0 Å². The van der Waals surface area contributed by atoms with Gasteiger partial charge in [0.05, 0.1) is 16.6 Å². The Balaban J connectivity index is 2.07. The normalized spacial score (nSPS) is 15.7. The van der Waals surface area contributed by atoms with Gasteiger partial charge in [-0.2, -0.15) is 5.10 Å². The highest BCUT2D eigenvalue weighted by molar-refractivity contribution is 6.35. The number of carbonyl (C=O) groups is 1. The standard InChI is InChI=1S/C15H14Cl2N2O/c16-11-5-6-14(17)13(7-11)15-10(9-20)8-19(18-15)12-3-1-2-4-12/h5-9,12H,1-4H2. The Labute approximate surface area is 127 Å². The molecule has 0 amide bonds. The van der Waals surface area contributed by atoms with E-state index in [1.807, 2.05) is 10.9 Å². The number of hydrogen-bond acceptors (Lipinski definition) is 2. The van der Waals surface area contributed by atoms with Gasteiger partial charge in [0.2, 0.25) is 0 Å². The summed E-state index contributed by atoms with van der Waals surface area (Å²) in [5, 5.41) is 5.71. The summed E-state index contributed by atoms with van der Waals surface area (Å²) in [6.45, 7) is 0. The molecule has 1 fully saturated rings. The number of hydrogen-bond donors (Lipinski definition) is 0. The third-order valence-electron chi connectivity index (χ3n) is 3.77. The van der Waals surface area contributed by atoms with Gasteiger partial charge in [0.25, 0.3) is 0 Å². The summed E-state index contributed by atoms with van der Waals surface area (Å²) in [4.78, 5) is 11.3. The van der Waals surface area contributed by atoms with E-state index in [-0.39, 0.29) is 0 Å². The molecule has 0 aliphatic heterocycles. The fourth-order valence-electron chi connectivity index (χ4n) is 2.74. The number of nitrogens with zero attached hydrogens (tertiary/aromatic N) is 2. The Morgan fingerprint density at radius 3 is 2.70 bits per heavy atom. The van der Waals surface area contributed by atoms with Gasteiger partial charge in [-0.05, 0) is 31.0 Å². The molecule has 0 unspecified atom stereocenters. The van der Waals surface area contributed by atoms with Crippen molar-refractivity contribution in [1.29, 1.82) is 0 Å². The van der Waals surface area contributed by atoms with E-state index in [4.69, 9.17) is 23.2 Å². The van der Waals surface area contributed by atoms with Gasteiger partial charge < -0.3 is 0 Å². The third-order valence-corrected chi connectivity index (χ3v) is 4.33. The van der Waals surface area contributed by atoms with Crippen LogP contribution >= 0.6 is 23.2 Å². The molecule has 3 nitrogen and oxygen atoms in total. The van der Waals surface area contributed by atoms with Crippen molar-refractivity contribution in [2.24, 2.45) is 0 Å². The Bertz CT molecular complexity index is 645. The average molecular weight is 309 g/mol. The molecule has 1 saturated carbocycles. The van der Waals surface area contributed by atoms with Crippen molar-refractivity contribution in [3.05, 3.63) is 40.0 Å². The van der Waals surface area contributed by atoms with Crippen molar-refractivity contribution in [2.45, 2.75) is 31.7 Å². The fraction of sp³-hybridized carbons (Fsp3) is 0.333. The first kappa shape index (κ1) is 13.7. The molecule has 0 atom stereocenters. The van der Waals surface area contributed by atoms with Gasteiger partial charge in [-0.3, -0.25) is 9.48 Å². The number of carbonyl (C=O) groups excluding carboxylic acids is 1. The van der Waals surface area contributed by atoms with Crippen molar-refractivity contribution in [3.8, 4) is 11.3 Å². The third kappa shape index (κ3) is 2.48. The molecule has 3 rings (SSSR count). The van der Waals surface area contributed by atoms with Gasteiger partial charge in [0, 0.05) is 16.8 Å². The summed E-state index contributed by atoms with van der Waals surface area (Å²) in [5.74, 6) is 0. The zero-order chi connectivity index (χ0) is 14.1.